The van der Waals surface area contributed by atoms with E-state index >= 15 is 0 Å². The summed E-state index contributed by atoms with van der Waals surface area (Å²) in [5.41, 5.74) is 3.09. The number of carbonyl (C=O) groups is 4. The minimum atomic E-state index is -5.19. The maximum Gasteiger partial charge on any atom is 0.471 e. The molecule has 2 rings (SSSR count). The first-order valence-electron chi connectivity index (χ1n) is 9.42. The summed E-state index contributed by atoms with van der Waals surface area (Å²) in [7, 11) is 0. The number of benzene rings is 1. The van der Waals surface area contributed by atoms with Crippen molar-refractivity contribution in [3.8, 4) is 0 Å². The average molecular weight is 443 g/mol. The van der Waals surface area contributed by atoms with Gasteiger partial charge in [-0.05, 0) is 32.8 Å². The number of primary amides is 1. The van der Waals surface area contributed by atoms with E-state index in [2.05, 4.69) is 5.32 Å². The van der Waals surface area contributed by atoms with Crippen LogP contribution in [0.5, 0.6) is 0 Å². The summed E-state index contributed by atoms with van der Waals surface area (Å²) in [6.07, 6.45) is -5.17. The largest absolute Gasteiger partial charge is 0.471 e. The molecule has 1 aliphatic heterocycles. The van der Waals surface area contributed by atoms with Crippen molar-refractivity contribution in [1.29, 1.82) is 0 Å². The van der Waals surface area contributed by atoms with Crippen LogP contribution in [0, 0.1) is 5.92 Å². The Balaban J connectivity index is 2.32. The number of nitrogens with two attached hydrogens (primary N) is 1. The van der Waals surface area contributed by atoms with Crippen LogP contribution in [0.4, 0.5) is 13.2 Å². The molecule has 3 amide bonds. The SMILES string of the molecule is C[C@H](NC(=O)C(F)(F)F)C(=O)NC(C)(C(N)=O)[C@H](Cc1ccccc1)C(=O)[C@@]1(C)CO1. The molecule has 8 nitrogen and oxygen atoms in total. The van der Waals surface area contributed by atoms with Crippen molar-refractivity contribution in [2.24, 2.45) is 11.7 Å². The molecule has 31 heavy (non-hydrogen) atoms. The normalized spacial score (nSPS) is 21.9. The molecule has 1 aromatic rings. The fourth-order valence-electron chi connectivity index (χ4n) is 3.06. The van der Waals surface area contributed by atoms with Crippen molar-refractivity contribution in [3.63, 3.8) is 0 Å². The molecule has 1 fully saturated rings. The van der Waals surface area contributed by atoms with Gasteiger partial charge in [-0.15, -0.1) is 0 Å². The van der Waals surface area contributed by atoms with E-state index in [1.807, 2.05) is 0 Å². The highest BCUT2D eigenvalue weighted by Crippen LogP contribution is 2.35. The van der Waals surface area contributed by atoms with Crippen molar-refractivity contribution in [3.05, 3.63) is 35.9 Å². The summed E-state index contributed by atoms with van der Waals surface area (Å²) in [5.74, 6) is -6.13. The van der Waals surface area contributed by atoms with Crippen LogP contribution < -0.4 is 16.4 Å². The summed E-state index contributed by atoms with van der Waals surface area (Å²) < 4.78 is 42.6. The number of nitrogens with one attached hydrogen (secondary N) is 2. The molecule has 1 heterocycles. The number of hydrogen-bond acceptors (Lipinski definition) is 5. The number of amides is 3. The van der Waals surface area contributed by atoms with E-state index in [1.165, 1.54) is 19.2 Å². The van der Waals surface area contributed by atoms with Crippen molar-refractivity contribution in [2.45, 2.75) is 50.6 Å². The first kappa shape index (κ1) is 24.3. The first-order valence-corrected chi connectivity index (χ1v) is 9.42. The molecule has 0 bridgehead atoms. The predicted molar refractivity (Wildman–Crippen MR) is 102 cm³/mol. The molecule has 170 valence electrons. The summed E-state index contributed by atoms with van der Waals surface area (Å²) in [4.78, 5) is 49.2. The smallest absolute Gasteiger partial charge is 0.368 e. The van der Waals surface area contributed by atoms with Gasteiger partial charge in [0.05, 0.1) is 12.5 Å². The Bertz CT molecular complexity index is 871. The monoisotopic (exact) mass is 443 g/mol. The molecular weight excluding hydrogens is 419 g/mol. The van der Waals surface area contributed by atoms with Crippen LogP contribution >= 0.6 is 0 Å². The second-order valence-electron chi connectivity index (χ2n) is 7.87. The highest BCUT2D eigenvalue weighted by Gasteiger charge is 2.56. The molecule has 11 heteroatoms. The molecule has 4 atom stereocenters. The van der Waals surface area contributed by atoms with E-state index < -0.39 is 52.8 Å². The lowest BCUT2D eigenvalue weighted by Crippen LogP contribution is -2.65. The van der Waals surface area contributed by atoms with Gasteiger partial charge in [0.2, 0.25) is 11.8 Å². The number of Topliss-reactive ketones (excluding diaryl/α,β-unsaturated/α-hetero) is 1. The average Bonchev–Trinajstić information content (AvgIpc) is 3.43. The molecule has 0 radical (unpaired) electrons. The number of ether oxygens (including phenoxy) is 1. The third-order valence-corrected chi connectivity index (χ3v) is 5.29. The second-order valence-corrected chi connectivity index (χ2v) is 7.87. The quantitative estimate of drug-likeness (QED) is 0.482. The van der Waals surface area contributed by atoms with E-state index in [9.17, 15) is 32.3 Å². The summed E-state index contributed by atoms with van der Waals surface area (Å²) in [6.45, 7) is 3.89. The van der Waals surface area contributed by atoms with Crippen LogP contribution in [0.2, 0.25) is 0 Å². The molecule has 1 aliphatic rings. The molecule has 0 saturated carbocycles. The Kier molecular flexibility index (Phi) is 6.79. The van der Waals surface area contributed by atoms with Gasteiger partial charge in [0.25, 0.3) is 0 Å². The van der Waals surface area contributed by atoms with Crippen LogP contribution in [-0.2, 0) is 30.3 Å². The highest BCUT2D eigenvalue weighted by atomic mass is 19.4. The molecule has 1 unspecified atom stereocenters. The van der Waals surface area contributed by atoms with E-state index in [1.54, 1.807) is 30.3 Å². The Morgan fingerprint density at radius 3 is 2.19 bits per heavy atom. The maximum atomic E-state index is 13.1. The molecule has 0 aromatic heterocycles. The fourth-order valence-corrected chi connectivity index (χ4v) is 3.06. The summed E-state index contributed by atoms with van der Waals surface area (Å²) >= 11 is 0. The zero-order valence-corrected chi connectivity index (χ0v) is 17.2. The molecule has 1 aromatic carbocycles. The van der Waals surface area contributed by atoms with E-state index in [-0.39, 0.29) is 13.0 Å². The van der Waals surface area contributed by atoms with E-state index in [0.29, 0.717) is 5.56 Å². The number of ketones is 1. The number of epoxide rings is 1. The number of carbonyl (C=O) groups excluding carboxylic acids is 4. The minimum Gasteiger partial charge on any atom is -0.368 e. The lowest BCUT2D eigenvalue weighted by Gasteiger charge is -2.36. The predicted octanol–water partition coefficient (Wildman–Crippen LogP) is 0.631. The van der Waals surface area contributed by atoms with Gasteiger partial charge in [0, 0.05) is 0 Å². The Morgan fingerprint density at radius 2 is 1.74 bits per heavy atom. The third kappa shape index (κ3) is 5.60. The van der Waals surface area contributed by atoms with Crippen molar-refractivity contribution in [1.82, 2.24) is 10.6 Å². The van der Waals surface area contributed by atoms with E-state index in [4.69, 9.17) is 10.5 Å². The van der Waals surface area contributed by atoms with Gasteiger partial charge >= 0.3 is 12.1 Å². The lowest BCUT2D eigenvalue weighted by molar-refractivity contribution is -0.174. The Hall–Kier alpha value is -2.95. The van der Waals surface area contributed by atoms with Crippen molar-refractivity contribution < 1.29 is 37.1 Å². The van der Waals surface area contributed by atoms with Crippen molar-refractivity contribution in [2.75, 3.05) is 6.61 Å². The van der Waals surface area contributed by atoms with Crippen LogP contribution in [0.25, 0.3) is 0 Å². The van der Waals surface area contributed by atoms with Gasteiger partial charge in [-0.25, -0.2) is 0 Å². The van der Waals surface area contributed by atoms with Gasteiger partial charge in [0.1, 0.15) is 17.2 Å². The van der Waals surface area contributed by atoms with Gasteiger partial charge in [-0.3, -0.25) is 19.2 Å². The zero-order valence-electron chi connectivity index (χ0n) is 17.2. The molecule has 0 aliphatic carbocycles. The van der Waals surface area contributed by atoms with Gasteiger partial charge in [-0.2, -0.15) is 13.2 Å². The standard InChI is InChI=1S/C20H24F3N3O5/c1-11(25-17(30)20(21,22)23)15(28)26-19(3,16(24)29)13(14(27)18(2)10-31-18)9-12-7-5-4-6-8-12/h4-8,11,13H,9-10H2,1-3H3,(H2,24,29)(H,25,30)(H,26,28)/t11-,13+,18+,19?/m0/s1. The Labute approximate surface area is 176 Å². The van der Waals surface area contributed by atoms with Crippen LogP contribution in [0.15, 0.2) is 30.3 Å². The van der Waals surface area contributed by atoms with Crippen LogP contribution in [0.3, 0.4) is 0 Å². The number of alkyl halides is 3. The van der Waals surface area contributed by atoms with Gasteiger partial charge in [0.15, 0.2) is 5.78 Å². The van der Waals surface area contributed by atoms with Crippen LogP contribution in [0.1, 0.15) is 26.3 Å². The number of rotatable bonds is 9. The zero-order chi connectivity index (χ0) is 23.6. The summed E-state index contributed by atoms with van der Waals surface area (Å²) in [5, 5.41) is 3.78. The van der Waals surface area contributed by atoms with Gasteiger partial charge < -0.3 is 21.1 Å². The Morgan fingerprint density at radius 1 is 1.19 bits per heavy atom. The minimum absolute atomic E-state index is 0.0155. The number of halogens is 3. The van der Waals surface area contributed by atoms with E-state index in [0.717, 1.165) is 6.92 Å². The topological polar surface area (TPSA) is 131 Å². The molecule has 4 N–H and O–H groups in total. The summed E-state index contributed by atoms with van der Waals surface area (Å²) in [6, 6.07) is 6.99. The molecular formula is C20H24F3N3O5. The highest BCUT2D eigenvalue weighted by molar-refractivity contribution is 6.01. The molecule has 0 spiro atoms. The second kappa shape index (κ2) is 8.66. The first-order chi connectivity index (χ1) is 14.2. The van der Waals surface area contributed by atoms with Crippen LogP contribution in [-0.4, -0.2) is 53.5 Å². The van der Waals surface area contributed by atoms with Gasteiger partial charge in [-0.1, -0.05) is 30.3 Å². The lowest BCUT2D eigenvalue weighted by atomic mass is 9.74. The maximum absolute atomic E-state index is 13.1. The fraction of sp³-hybridized carbons (Fsp3) is 0.500. The number of hydrogen-bond donors (Lipinski definition) is 3. The van der Waals surface area contributed by atoms with Crippen molar-refractivity contribution >= 4 is 23.5 Å². The third-order valence-electron chi connectivity index (χ3n) is 5.29. The molecule has 1 saturated heterocycles.